The number of guanidine groups is 1. The topological polar surface area (TPSA) is 52.6 Å². The molecule has 0 amide bonds. The van der Waals surface area contributed by atoms with Crippen LogP contribution in [0.1, 0.15) is 24.6 Å². The average molecular weight is 552 g/mol. The summed E-state index contributed by atoms with van der Waals surface area (Å²) in [7, 11) is 4.01. The van der Waals surface area contributed by atoms with Crippen molar-refractivity contribution in [2.75, 3.05) is 32.1 Å². The van der Waals surface area contributed by atoms with E-state index in [4.69, 9.17) is 0 Å². The standard InChI is InChI=1S/C18H26BrN5S.HI/c1-4-20-17(22-12-16-13-25-18(23-16)24(2)3)21-10-6-8-14-7-5-9-15(19)11-14;/h5,7,9,11,13H,4,6,8,10,12H2,1-3H3,(H2,20,21,22);1H. The number of aromatic nitrogens is 1. The zero-order chi connectivity index (χ0) is 18.1. The molecule has 1 aromatic heterocycles. The van der Waals surface area contributed by atoms with Gasteiger partial charge in [-0.3, -0.25) is 0 Å². The van der Waals surface area contributed by atoms with Gasteiger partial charge in [-0.25, -0.2) is 9.98 Å². The lowest BCUT2D eigenvalue weighted by Crippen LogP contribution is -2.37. The second kappa shape index (κ2) is 12.5. The lowest BCUT2D eigenvalue weighted by molar-refractivity contribution is 0.743. The van der Waals surface area contributed by atoms with E-state index in [1.165, 1.54) is 5.56 Å². The van der Waals surface area contributed by atoms with Gasteiger partial charge in [-0.2, -0.15) is 0 Å². The Morgan fingerprint density at radius 2 is 2.12 bits per heavy atom. The van der Waals surface area contributed by atoms with Gasteiger partial charge < -0.3 is 15.5 Å². The summed E-state index contributed by atoms with van der Waals surface area (Å²) in [6.45, 7) is 4.40. The van der Waals surface area contributed by atoms with Gasteiger partial charge in [0.15, 0.2) is 11.1 Å². The highest BCUT2D eigenvalue weighted by atomic mass is 127. The van der Waals surface area contributed by atoms with Gasteiger partial charge in [0.05, 0.1) is 12.2 Å². The molecule has 0 atom stereocenters. The molecule has 1 heterocycles. The first-order valence-corrected chi connectivity index (χ1v) is 10.1. The Morgan fingerprint density at radius 3 is 2.77 bits per heavy atom. The van der Waals surface area contributed by atoms with E-state index >= 15 is 0 Å². The minimum absolute atomic E-state index is 0. The first-order chi connectivity index (χ1) is 12.1. The summed E-state index contributed by atoms with van der Waals surface area (Å²) in [5.41, 5.74) is 2.34. The van der Waals surface area contributed by atoms with Crippen LogP contribution in [-0.4, -0.2) is 38.1 Å². The molecule has 0 spiro atoms. The van der Waals surface area contributed by atoms with Crippen LogP contribution in [0.3, 0.4) is 0 Å². The van der Waals surface area contributed by atoms with Crippen molar-refractivity contribution in [2.45, 2.75) is 26.3 Å². The van der Waals surface area contributed by atoms with Crippen molar-refractivity contribution in [1.29, 1.82) is 0 Å². The number of benzene rings is 1. The third kappa shape index (κ3) is 8.22. The number of anilines is 1. The predicted octanol–water partition coefficient (Wildman–Crippen LogP) is 4.28. The molecule has 0 radical (unpaired) electrons. The molecule has 0 aliphatic heterocycles. The number of aryl methyl sites for hydroxylation is 1. The minimum atomic E-state index is 0. The number of hydrogen-bond donors (Lipinski definition) is 2. The quantitative estimate of drug-likeness (QED) is 0.222. The molecule has 2 rings (SSSR count). The maximum Gasteiger partial charge on any atom is 0.191 e. The fourth-order valence-corrected chi connectivity index (χ4v) is 3.46. The van der Waals surface area contributed by atoms with Gasteiger partial charge in [0.25, 0.3) is 0 Å². The molecule has 0 fully saturated rings. The molecule has 0 aliphatic carbocycles. The molecular formula is C18H27BrIN5S. The largest absolute Gasteiger partial charge is 0.357 e. The summed E-state index contributed by atoms with van der Waals surface area (Å²) in [6, 6.07) is 8.46. The van der Waals surface area contributed by atoms with Crippen molar-refractivity contribution in [3.8, 4) is 0 Å². The predicted molar refractivity (Wildman–Crippen MR) is 127 cm³/mol. The van der Waals surface area contributed by atoms with Crippen LogP contribution in [-0.2, 0) is 13.0 Å². The molecule has 5 nitrogen and oxygen atoms in total. The summed E-state index contributed by atoms with van der Waals surface area (Å²) in [6.07, 6.45) is 2.10. The molecule has 2 N–H and O–H groups in total. The van der Waals surface area contributed by atoms with E-state index in [-0.39, 0.29) is 24.0 Å². The molecule has 26 heavy (non-hydrogen) atoms. The lowest BCUT2D eigenvalue weighted by Gasteiger charge is -2.11. The second-order valence-corrected chi connectivity index (χ2v) is 7.62. The Hall–Kier alpha value is -0.870. The van der Waals surface area contributed by atoms with Crippen molar-refractivity contribution in [1.82, 2.24) is 15.6 Å². The van der Waals surface area contributed by atoms with Crippen LogP contribution < -0.4 is 15.5 Å². The molecule has 0 saturated heterocycles. The molecule has 0 unspecified atom stereocenters. The second-order valence-electron chi connectivity index (χ2n) is 5.87. The smallest absolute Gasteiger partial charge is 0.191 e. The van der Waals surface area contributed by atoms with Crippen LogP contribution in [0.25, 0.3) is 0 Å². The normalized spacial score (nSPS) is 11.0. The number of halogens is 2. The van der Waals surface area contributed by atoms with E-state index in [2.05, 4.69) is 73.1 Å². The van der Waals surface area contributed by atoms with Crippen LogP contribution >= 0.6 is 51.2 Å². The molecular weight excluding hydrogens is 525 g/mol. The van der Waals surface area contributed by atoms with Crippen LogP contribution in [0.5, 0.6) is 0 Å². The van der Waals surface area contributed by atoms with Gasteiger partial charge in [0.1, 0.15) is 0 Å². The maximum atomic E-state index is 4.63. The van der Waals surface area contributed by atoms with Crippen LogP contribution in [0.4, 0.5) is 5.13 Å². The third-order valence-corrected chi connectivity index (χ3v) is 5.04. The number of hydrogen-bond acceptors (Lipinski definition) is 4. The fourth-order valence-electron chi connectivity index (χ4n) is 2.27. The molecule has 0 bridgehead atoms. The number of thiazole rings is 1. The highest BCUT2D eigenvalue weighted by Gasteiger charge is 2.04. The summed E-state index contributed by atoms with van der Waals surface area (Å²) in [5, 5.41) is 9.76. The van der Waals surface area contributed by atoms with Gasteiger partial charge >= 0.3 is 0 Å². The van der Waals surface area contributed by atoms with Crippen LogP contribution in [0, 0.1) is 0 Å². The molecule has 0 aliphatic rings. The first kappa shape index (κ1) is 23.2. The van der Waals surface area contributed by atoms with E-state index in [0.717, 1.165) is 47.2 Å². The van der Waals surface area contributed by atoms with E-state index in [0.29, 0.717) is 6.54 Å². The number of nitrogens with zero attached hydrogens (tertiary/aromatic N) is 3. The Morgan fingerprint density at radius 1 is 1.31 bits per heavy atom. The lowest BCUT2D eigenvalue weighted by atomic mass is 10.1. The van der Waals surface area contributed by atoms with Crippen molar-refractivity contribution in [2.24, 2.45) is 4.99 Å². The van der Waals surface area contributed by atoms with E-state index < -0.39 is 0 Å². The third-order valence-electron chi connectivity index (χ3n) is 3.49. The van der Waals surface area contributed by atoms with E-state index in [1.807, 2.05) is 19.0 Å². The Kier molecular flexibility index (Phi) is 11.1. The van der Waals surface area contributed by atoms with Gasteiger partial charge in [-0.15, -0.1) is 35.3 Å². The van der Waals surface area contributed by atoms with E-state index in [9.17, 15) is 0 Å². The molecule has 8 heteroatoms. The Balaban J connectivity index is 0.00000338. The van der Waals surface area contributed by atoms with Crippen LogP contribution in [0.2, 0.25) is 0 Å². The molecule has 144 valence electrons. The zero-order valence-electron chi connectivity index (χ0n) is 15.5. The zero-order valence-corrected chi connectivity index (χ0v) is 20.2. The van der Waals surface area contributed by atoms with E-state index in [1.54, 1.807) is 11.3 Å². The average Bonchev–Trinajstić information content (AvgIpc) is 3.06. The Bertz CT molecular complexity index is 690. The van der Waals surface area contributed by atoms with Gasteiger partial charge in [0, 0.05) is 37.0 Å². The highest BCUT2D eigenvalue weighted by molar-refractivity contribution is 14.0. The first-order valence-electron chi connectivity index (χ1n) is 8.47. The van der Waals surface area contributed by atoms with Crippen molar-refractivity contribution >= 4 is 62.3 Å². The number of aliphatic imine (C=N–C) groups is 1. The van der Waals surface area contributed by atoms with Crippen molar-refractivity contribution in [3.05, 3.63) is 45.4 Å². The molecule has 0 saturated carbocycles. The summed E-state index contributed by atoms with van der Waals surface area (Å²) >= 11 is 5.16. The maximum absolute atomic E-state index is 4.63. The fraction of sp³-hybridized carbons (Fsp3) is 0.444. The SMILES string of the molecule is CCNC(=NCc1csc(N(C)C)n1)NCCCc1cccc(Br)c1.I. The summed E-state index contributed by atoms with van der Waals surface area (Å²) in [5.74, 6) is 0.844. The van der Waals surface area contributed by atoms with Crippen molar-refractivity contribution in [3.63, 3.8) is 0 Å². The molecule has 1 aromatic carbocycles. The minimum Gasteiger partial charge on any atom is -0.357 e. The summed E-state index contributed by atoms with van der Waals surface area (Å²) in [4.78, 5) is 11.2. The Labute approximate surface area is 185 Å². The highest BCUT2D eigenvalue weighted by Crippen LogP contribution is 2.18. The van der Waals surface area contributed by atoms with Crippen LogP contribution in [0.15, 0.2) is 39.1 Å². The van der Waals surface area contributed by atoms with Gasteiger partial charge in [0.2, 0.25) is 0 Å². The monoisotopic (exact) mass is 551 g/mol. The van der Waals surface area contributed by atoms with Crippen molar-refractivity contribution < 1.29 is 0 Å². The van der Waals surface area contributed by atoms with Gasteiger partial charge in [-0.05, 0) is 37.5 Å². The number of nitrogens with one attached hydrogen (secondary N) is 2. The number of rotatable bonds is 8. The molecule has 2 aromatic rings. The summed E-state index contributed by atoms with van der Waals surface area (Å²) < 4.78 is 1.13. The van der Waals surface area contributed by atoms with Gasteiger partial charge in [-0.1, -0.05) is 28.1 Å².